The highest BCUT2D eigenvalue weighted by Crippen LogP contribution is 2.30. The second kappa shape index (κ2) is 7.36. The van der Waals surface area contributed by atoms with E-state index in [0.29, 0.717) is 6.04 Å². The summed E-state index contributed by atoms with van der Waals surface area (Å²) in [5.41, 5.74) is 2.68. The molecule has 1 atom stereocenters. The fourth-order valence-corrected chi connectivity index (χ4v) is 4.35. The molecule has 0 spiro atoms. The van der Waals surface area contributed by atoms with Gasteiger partial charge in [0.15, 0.2) is 0 Å². The molecule has 0 amide bonds. The van der Waals surface area contributed by atoms with Gasteiger partial charge in [0, 0.05) is 23.3 Å². The monoisotopic (exact) mass is 386 g/mol. The van der Waals surface area contributed by atoms with Gasteiger partial charge in [-0.05, 0) is 45.9 Å². The molecule has 0 aliphatic heterocycles. The van der Waals surface area contributed by atoms with Crippen molar-refractivity contribution in [3.63, 3.8) is 0 Å². The largest absolute Gasteiger partial charge is 0.310 e. The van der Waals surface area contributed by atoms with E-state index in [2.05, 4.69) is 65.8 Å². The maximum absolute atomic E-state index is 4.83. The summed E-state index contributed by atoms with van der Waals surface area (Å²) in [4.78, 5) is 4.83. The summed E-state index contributed by atoms with van der Waals surface area (Å²) in [6.45, 7) is 9.89. The fraction of sp³-hybridized carbons (Fsp3) is 0.562. The van der Waals surface area contributed by atoms with Crippen LogP contribution in [0, 0.1) is 0 Å². The number of nitrogens with zero attached hydrogens (tertiary/aromatic N) is 1. The van der Waals surface area contributed by atoms with Gasteiger partial charge in [-0.15, -0.1) is 22.7 Å². The molecule has 0 aliphatic carbocycles. The first-order chi connectivity index (χ1) is 9.90. The molecule has 21 heavy (non-hydrogen) atoms. The minimum atomic E-state index is 0.131. The maximum atomic E-state index is 4.83. The fourth-order valence-electron chi connectivity index (χ4n) is 2.06. The van der Waals surface area contributed by atoms with Gasteiger partial charge in [0.25, 0.3) is 0 Å². The second-order valence-corrected chi connectivity index (χ2v) is 9.50. The van der Waals surface area contributed by atoms with Crippen LogP contribution >= 0.6 is 38.6 Å². The summed E-state index contributed by atoms with van der Waals surface area (Å²) in [7, 11) is 0. The number of nitrogens with one attached hydrogen (secondary N) is 1. The Bertz CT molecular complexity index is 569. The lowest BCUT2D eigenvalue weighted by Crippen LogP contribution is -2.23. The van der Waals surface area contributed by atoms with Gasteiger partial charge in [0.1, 0.15) is 0 Å². The van der Waals surface area contributed by atoms with Crippen LogP contribution in [0.4, 0.5) is 0 Å². The molecule has 0 bridgehead atoms. The summed E-state index contributed by atoms with van der Waals surface area (Å²) in [5, 5.41) is 9.30. The number of rotatable bonds is 6. The molecule has 2 aromatic rings. The Morgan fingerprint density at radius 2 is 2.05 bits per heavy atom. The van der Waals surface area contributed by atoms with Gasteiger partial charge in [-0.1, -0.05) is 27.7 Å². The molecule has 0 saturated heterocycles. The molecule has 2 heterocycles. The van der Waals surface area contributed by atoms with Gasteiger partial charge in [0.2, 0.25) is 0 Å². The number of thiazole rings is 1. The zero-order chi connectivity index (χ0) is 15.5. The van der Waals surface area contributed by atoms with Crippen molar-refractivity contribution in [3.8, 4) is 0 Å². The van der Waals surface area contributed by atoms with Gasteiger partial charge in [-0.25, -0.2) is 4.98 Å². The summed E-state index contributed by atoms with van der Waals surface area (Å²) in [6, 6.07) is 2.57. The van der Waals surface area contributed by atoms with Crippen LogP contribution in [0.1, 0.15) is 56.4 Å². The predicted molar refractivity (Wildman–Crippen MR) is 97.6 cm³/mol. The van der Waals surface area contributed by atoms with Crippen molar-refractivity contribution in [2.45, 2.75) is 52.0 Å². The SMILES string of the molecule is CCCNC(Cc1nc(C(C)(C)C)cs1)c1csc(Br)c1. The first kappa shape index (κ1) is 17.1. The molecule has 2 aromatic heterocycles. The summed E-state index contributed by atoms with van der Waals surface area (Å²) < 4.78 is 1.19. The molecule has 2 rings (SSSR count). The van der Waals surface area contributed by atoms with Crippen molar-refractivity contribution in [3.05, 3.63) is 36.9 Å². The number of hydrogen-bond acceptors (Lipinski definition) is 4. The number of halogens is 1. The molecule has 5 heteroatoms. The zero-order valence-corrected chi connectivity index (χ0v) is 16.3. The summed E-state index contributed by atoms with van der Waals surface area (Å²) in [5.74, 6) is 0. The Morgan fingerprint density at radius 3 is 2.57 bits per heavy atom. The smallest absolute Gasteiger partial charge is 0.0947 e. The first-order valence-corrected chi connectivity index (χ1v) is 9.87. The third kappa shape index (κ3) is 4.88. The van der Waals surface area contributed by atoms with Crippen molar-refractivity contribution < 1.29 is 0 Å². The normalized spacial score (nSPS) is 13.6. The van der Waals surface area contributed by atoms with Gasteiger partial charge in [-0.2, -0.15) is 0 Å². The Balaban J connectivity index is 2.13. The summed E-state index contributed by atoms with van der Waals surface area (Å²) in [6.07, 6.45) is 2.11. The Morgan fingerprint density at radius 1 is 1.29 bits per heavy atom. The highest BCUT2D eigenvalue weighted by molar-refractivity contribution is 9.11. The van der Waals surface area contributed by atoms with Crippen LogP contribution in [-0.2, 0) is 11.8 Å². The van der Waals surface area contributed by atoms with Gasteiger partial charge >= 0.3 is 0 Å². The van der Waals surface area contributed by atoms with E-state index < -0.39 is 0 Å². The van der Waals surface area contributed by atoms with E-state index in [9.17, 15) is 0 Å². The Labute approximate surface area is 144 Å². The van der Waals surface area contributed by atoms with Crippen molar-refractivity contribution >= 4 is 38.6 Å². The highest BCUT2D eigenvalue weighted by Gasteiger charge is 2.20. The molecule has 2 nitrogen and oxygen atoms in total. The topological polar surface area (TPSA) is 24.9 Å². The van der Waals surface area contributed by atoms with Crippen LogP contribution in [0.25, 0.3) is 0 Å². The number of hydrogen-bond donors (Lipinski definition) is 1. The van der Waals surface area contributed by atoms with E-state index >= 15 is 0 Å². The lowest BCUT2D eigenvalue weighted by atomic mass is 9.93. The Kier molecular flexibility index (Phi) is 6.00. The quantitative estimate of drug-likeness (QED) is 0.703. The van der Waals surface area contributed by atoms with Crippen LogP contribution in [0.15, 0.2) is 20.6 Å². The highest BCUT2D eigenvalue weighted by atomic mass is 79.9. The molecule has 0 radical (unpaired) electrons. The maximum Gasteiger partial charge on any atom is 0.0947 e. The Hall–Kier alpha value is -0.230. The van der Waals surface area contributed by atoms with E-state index in [1.165, 1.54) is 20.1 Å². The standard InChI is InChI=1S/C16H23BrN2S2/c1-5-6-18-12(11-7-14(17)20-9-11)8-15-19-13(10-21-15)16(2,3)4/h7,9-10,12,18H,5-6,8H2,1-4H3. The molecule has 116 valence electrons. The molecular weight excluding hydrogens is 364 g/mol. The average Bonchev–Trinajstić information content (AvgIpc) is 3.02. The van der Waals surface area contributed by atoms with Gasteiger partial charge in [0.05, 0.1) is 14.5 Å². The third-order valence-corrected chi connectivity index (χ3v) is 5.72. The molecule has 0 fully saturated rings. The molecule has 0 aromatic carbocycles. The van der Waals surface area contributed by atoms with E-state index in [1.807, 2.05) is 0 Å². The lowest BCUT2D eigenvalue weighted by molar-refractivity contribution is 0.524. The average molecular weight is 387 g/mol. The summed E-state index contributed by atoms with van der Waals surface area (Å²) >= 11 is 7.09. The van der Waals surface area contributed by atoms with Crippen molar-refractivity contribution in [2.24, 2.45) is 0 Å². The van der Waals surface area contributed by atoms with Crippen molar-refractivity contribution in [2.75, 3.05) is 6.54 Å². The van der Waals surface area contributed by atoms with Crippen LogP contribution < -0.4 is 5.32 Å². The van der Waals surface area contributed by atoms with Crippen LogP contribution in [-0.4, -0.2) is 11.5 Å². The second-order valence-electron chi connectivity index (χ2n) is 6.27. The van der Waals surface area contributed by atoms with Crippen molar-refractivity contribution in [1.82, 2.24) is 10.3 Å². The third-order valence-electron chi connectivity index (χ3n) is 3.33. The van der Waals surface area contributed by atoms with Gasteiger partial charge < -0.3 is 5.32 Å². The number of thiophene rings is 1. The molecule has 1 unspecified atom stereocenters. The van der Waals surface area contributed by atoms with Crippen molar-refractivity contribution in [1.29, 1.82) is 0 Å². The van der Waals surface area contributed by atoms with E-state index in [-0.39, 0.29) is 5.41 Å². The van der Waals surface area contributed by atoms with Crippen LogP contribution in [0.5, 0.6) is 0 Å². The van der Waals surface area contributed by atoms with E-state index in [4.69, 9.17) is 4.98 Å². The molecular formula is C16H23BrN2S2. The van der Waals surface area contributed by atoms with E-state index in [1.54, 1.807) is 22.7 Å². The lowest BCUT2D eigenvalue weighted by Gasteiger charge is -2.17. The van der Waals surface area contributed by atoms with Crippen LogP contribution in [0.2, 0.25) is 0 Å². The molecule has 0 aliphatic rings. The minimum absolute atomic E-state index is 0.131. The molecule has 0 saturated carbocycles. The molecule has 1 N–H and O–H groups in total. The zero-order valence-electron chi connectivity index (χ0n) is 13.1. The predicted octanol–water partition coefficient (Wildman–Crippen LogP) is 5.55. The first-order valence-electron chi connectivity index (χ1n) is 7.32. The minimum Gasteiger partial charge on any atom is -0.310 e. The van der Waals surface area contributed by atoms with Crippen LogP contribution in [0.3, 0.4) is 0 Å². The van der Waals surface area contributed by atoms with Gasteiger partial charge in [-0.3, -0.25) is 0 Å². The number of aromatic nitrogens is 1. The van der Waals surface area contributed by atoms with E-state index in [0.717, 1.165) is 19.4 Å².